The number of hydrogen-bond acceptors (Lipinski definition) is 12. The second kappa shape index (κ2) is 22.2. The molecule has 236 valence electrons. The third kappa shape index (κ3) is 12.5. The number of para-hydroxylation sites is 3. The van der Waals surface area contributed by atoms with Crippen LogP contribution in [0.25, 0.3) is 0 Å². The van der Waals surface area contributed by atoms with E-state index in [0.717, 1.165) is 0 Å². The van der Waals surface area contributed by atoms with Gasteiger partial charge in [-0.3, -0.25) is 0 Å². The fraction of sp³-hybridized carbons (Fsp3) is 0.323. The van der Waals surface area contributed by atoms with Gasteiger partial charge in [0, 0.05) is 16.7 Å². The van der Waals surface area contributed by atoms with Crippen LogP contribution < -0.4 is 43.7 Å². The molecule has 0 aliphatic heterocycles. The molecule has 12 nitrogen and oxygen atoms in total. The number of carboxylic acids is 3. The van der Waals surface area contributed by atoms with Crippen LogP contribution in [0.2, 0.25) is 4.44 Å². The number of rotatable bonds is 11. The van der Waals surface area contributed by atoms with Crippen molar-refractivity contribution < 1.29 is 58.1 Å². The molecule has 0 heterocycles. The predicted octanol–water partition coefficient (Wildman–Crippen LogP) is 1.58. The Morgan fingerprint density at radius 3 is 0.955 bits per heavy atom. The van der Waals surface area contributed by atoms with Crippen molar-refractivity contribution in [3.63, 3.8) is 0 Å². The number of ether oxygens (including phenoxy) is 6. The second-order valence-corrected chi connectivity index (χ2v) is 9.52. The average molecular weight is 719 g/mol. The maximum Gasteiger partial charge on any atom is 0.169 e. The van der Waals surface area contributed by atoms with Gasteiger partial charge in [0.15, 0.2) is 34.5 Å². The fourth-order valence-electron chi connectivity index (χ4n) is 3.32. The van der Waals surface area contributed by atoms with E-state index < -0.39 is 17.9 Å². The molecule has 0 aliphatic rings. The molecule has 0 saturated heterocycles. The van der Waals surface area contributed by atoms with Crippen LogP contribution in [-0.2, 0) is 0 Å². The van der Waals surface area contributed by atoms with Gasteiger partial charge in [-0.05, 0) is 36.4 Å². The summed E-state index contributed by atoms with van der Waals surface area (Å²) in [6.07, 6.45) is 2.80. The number of carbonyl (C=O) groups excluding carboxylic acids is 3. The van der Waals surface area contributed by atoms with Crippen LogP contribution in [0.15, 0.2) is 54.6 Å². The topological polar surface area (TPSA) is 176 Å². The van der Waals surface area contributed by atoms with E-state index in [4.69, 9.17) is 28.4 Å². The van der Waals surface area contributed by atoms with Crippen molar-refractivity contribution in [1.82, 2.24) is 0 Å². The summed E-state index contributed by atoms with van der Waals surface area (Å²) in [5, 5.41) is 31.8. The van der Waals surface area contributed by atoms with Gasteiger partial charge in [-0.1, -0.05) is 18.2 Å². The third-order valence-corrected chi connectivity index (χ3v) is 6.41. The average Bonchev–Trinajstić information content (AvgIpc) is 3.04. The number of methoxy groups -OCH3 is 6. The van der Waals surface area contributed by atoms with Gasteiger partial charge in [0.2, 0.25) is 0 Å². The van der Waals surface area contributed by atoms with Crippen molar-refractivity contribution in [2.24, 2.45) is 0 Å². The van der Waals surface area contributed by atoms with Crippen molar-refractivity contribution >= 4 is 40.4 Å². The molecule has 0 N–H and O–H groups in total. The van der Waals surface area contributed by atoms with Crippen LogP contribution in [0.4, 0.5) is 0 Å². The monoisotopic (exact) mass is 720 g/mol. The standard InChI is InChI=1S/3C9H10O4.C4H9.Sn/c3*1-12-7-5-3-4-6(9(10)11)8(7)13-2;1-3-4-2;/h3*3-5H,1-2H3,(H,10,11);1,3-4H2,2H3;/q;;;;+3/p-3. The Hall–Kier alpha value is -4.33. The van der Waals surface area contributed by atoms with E-state index in [9.17, 15) is 29.7 Å². The van der Waals surface area contributed by atoms with Gasteiger partial charge in [-0.2, -0.15) is 0 Å². The number of carbonyl (C=O) groups is 3. The van der Waals surface area contributed by atoms with Gasteiger partial charge in [0.05, 0.1) is 60.6 Å². The van der Waals surface area contributed by atoms with E-state index in [-0.39, 0.29) is 33.9 Å². The maximum atomic E-state index is 10.6. The zero-order chi connectivity index (χ0) is 33.7. The number of unbranched alkanes of at least 4 members (excludes halogenated alkanes) is 1. The molecule has 0 bridgehead atoms. The minimum Gasteiger partial charge on any atom is -0.545 e. The van der Waals surface area contributed by atoms with Crippen LogP contribution in [0.3, 0.4) is 0 Å². The Labute approximate surface area is 270 Å². The molecule has 0 radical (unpaired) electrons. The smallest absolute Gasteiger partial charge is 0.169 e. The summed E-state index contributed by atoms with van der Waals surface area (Å²) in [7, 11) is 8.46. The summed E-state index contributed by atoms with van der Waals surface area (Å²) in [4.78, 5) is 31.8. The number of aromatic carboxylic acids is 3. The van der Waals surface area contributed by atoms with Crippen LogP contribution in [0.1, 0.15) is 50.8 Å². The van der Waals surface area contributed by atoms with Crippen molar-refractivity contribution in [3.05, 3.63) is 71.3 Å². The SMILES string of the molecule is CCC[CH2][Sn+3].COc1cccc(C(=O)[O-])c1OC.COc1cccc(C(=O)[O-])c1OC.COc1cccc(C(=O)[O-])c1OC. The molecule has 0 unspecified atom stereocenters. The third-order valence-electron chi connectivity index (χ3n) is 5.40. The largest absolute Gasteiger partial charge is 0.545 e. The summed E-state index contributed by atoms with van der Waals surface area (Å²) in [6, 6.07) is 13.7. The number of hydrogen-bond donors (Lipinski definition) is 0. The number of carboxylic acid groups (broad SMARTS) is 3. The molecule has 0 fully saturated rings. The summed E-state index contributed by atoms with van der Waals surface area (Å²) in [6.45, 7) is 2.23. The molecular formula is C31H36O12Sn. The van der Waals surface area contributed by atoms with Crippen LogP contribution in [0.5, 0.6) is 34.5 Å². The molecule has 0 saturated carbocycles. The summed E-state index contributed by atoms with van der Waals surface area (Å²) < 4.78 is 30.8. The Morgan fingerprint density at radius 2 is 0.818 bits per heavy atom. The summed E-state index contributed by atoms with van der Waals surface area (Å²) in [5.74, 6) is -2.15. The molecule has 13 heteroatoms. The van der Waals surface area contributed by atoms with Crippen molar-refractivity contribution in [2.45, 2.75) is 24.2 Å². The Kier molecular flexibility index (Phi) is 20.1. The fourth-order valence-corrected chi connectivity index (χ4v) is 4.33. The van der Waals surface area contributed by atoms with Gasteiger partial charge in [0.25, 0.3) is 0 Å². The molecule has 0 spiro atoms. The van der Waals surface area contributed by atoms with E-state index in [2.05, 4.69) is 6.92 Å². The molecular weight excluding hydrogens is 683 g/mol. The summed E-state index contributed by atoms with van der Waals surface area (Å²) >= 11 is 1.68. The van der Waals surface area contributed by atoms with Gasteiger partial charge in [-0.25, -0.2) is 0 Å². The Balaban J connectivity index is 0.000000585. The molecule has 3 aromatic rings. The van der Waals surface area contributed by atoms with Gasteiger partial charge < -0.3 is 58.1 Å². The van der Waals surface area contributed by atoms with E-state index in [1.54, 1.807) is 58.9 Å². The van der Waals surface area contributed by atoms with Crippen molar-refractivity contribution in [3.8, 4) is 34.5 Å². The normalized spacial score (nSPS) is 9.30. The van der Waals surface area contributed by atoms with Crippen molar-refractivity contribution in [2.75, 3.05) is 42.7 Å². The Morgan fingerprint density at radius 1 is 0.545 bits per heavy atom. The molecule has 44 heavy (non-hydrogen) atoms. The quantitative estimate of drug-likeness (QED) is 0.262. The minimum atomic E-state index is -1.28. The van der Waals surface area contributed by atoms with Crippen LogP contribution in [-0.4, -0.2) is 83.1 Å². The molecule has 3 aromatic carbocycles. The Bertz CT molecular complexity index is 1170. The molecule has 0 atom stereocenters. The van der Waals surface area contributed by atoms with Gasteiger partial charge in [0.1, 0.15) is 0 Å². The molecule has 0 amide bonds. The van der Waals surface area contributed by atoms with Gasteiger partial charge >= 0.3 is 46.7 Å². The first-order chi connectivity index (χ1) is 21.0. The van der Waals surface area contributed by atoms with Crippen LogP contribution in [0, 0.1) is 0 Å². The first kappa shape index (κ1) is 39.7. The van der Waals surface area contributed by atoms with Crippen LogP contribution >= 0.6 is 0 Å². The second-order valence-electron chi connectivity index (χ2n) is 8.09. The van der Waals surface area contributed by atoms with E-state index in [1.807, 2.05) is 0 Å². The molecule has 3 rings (SSSR count). The minimum absolute atomic E-state index is 0.0122. The first-order valence-electron chi connectivity index (χ1n) is 12.9. The maximum absolute atomic E-state index is 10.6. The molecule has 0 aromatic heterocycles. The number of benzene rings is 3. The summed E-state index contributed by atoms with van der Waals surface area (Å²) in [5.41, 5.74) is -0.0365. The van der Waals surface area contributed by atoms with E-state index >= 15 is 0 Å². The van der Waals surface area contributed by atoms with E-state index in [1.165, 1.54) is 78.1 Å². The predicted molar refractivity (Wildman–Crippen MR) is 157 cm³/mol. The molecule has 0 aliphatic carbocycles. The zero-order valence-corrected chi connectivity index (χ0v) is 28.6. The van der Waals surface area contributed by atoms with Gasteiger partial charge in [-0.15, -0.1) is 0 Å². The first-order valence-corrected chi connectivity index (χ1v) is 15.0. The zero-order valence-electron chi connectivity index (χ0n) is 25.7. The van der Waals surface area contributed by atoms with Crippen molar-refractivity contribution in [1.29, 1.82) is 0 Å². The van der Waals surface area contributed by atoms with E-state index in [0.29, 0.717) is 17.2 Å².